The van der Waals surface area contributed by atoms with E-state index in [9.17, 15) is 0 Å². The highest BCUT2D eigenvalue weighted by molar-refractivity contribution is 7.80. The Morgan fingerprint density at radius 1 is 1.25 bits per heavy atom. The summed E-state index contributed by atoms with van der Waals surface area (Å²) >= 11 is 5.24. The summed E-state index contributed by atoms with van der Waals surface area (Å²) in [7, 11) is 4.13. The van der Waals surface area contributed by atoms with Gasteiger partial charge in [-0.25, -0.2) is 0 Å². The van der Waals surface area contributed by atoms with Gasteiger partial charge in [0.05, 0.1) is 0 Å². The summed E-state index contributed by atoms with van der Waals surface area (Å²) in [6.07, 6.45) is 1.07. The molecule has 0 aromatic heterocycles. The molecule has 1 aromatic rings. The average molecular weight is 295 g/mol. The van der Waals surface area contributed by atoms with Gasteiger partial charge in [0.1, 0.15) is 0 Å². The van der Waals surface area contributed by atoms with E-state index in [1.54, 1.807) is 0 Å². The lowest BCUT2D eigenvalue weighted by Gasteiger charge is -2.12. The minimum Gasteiger partial charge on any atom is -0.454 e. The molecule has 0 atom stereocenters. The summed E-state index contributed by atoms with van der Waals surface area (Å²) < 4.78 is 10.6. The van der Waals surface area contributed by atoms with Crippen LogP contribution in [-0.4, -0.2) is 44.0 Å². The lowest BCUT2D eigenvalue weighted by atomic mass is 10.2. The first-order chi connectivity index (χ1) is 9.65. The van der Waals surface area contributed by atoms with E-state index in [-0.39, 0.29) is 0 Å². The molecule has 5 nitrogen and oxygen atoms in total. The molecule has 2 N–H and O–H groups in total. The second kappa shape index (κ2) is 7.31. The Morgan fingerprint density at radius 2 is 2.05 bits per heavy atom. The number of fused-ring (bicyclic) bond motifs is 1. The van der Waals surface area contributed by atoms with Gasteiger partial charge in [0.25, 0.3) is 0 Å². The van der Waals surface area contributed by atoms with Crippen LogP contribution in [0.25, 0.3) is 0 Å². The van der Waals surface area contributed by atoms with Crippen molar-refractivity contribution >= 4 is 17.3 Å². The van der Waals surface area contributed by atoms with Gasteiger partial charge < -0.3 is 25.0 Å². The number of benzene rings is 1. The molecule has 1 heterocycles. The van der Waals surface area contributed by atoms with E-state index in [1.165, 1.54) is 0 Å². The van der Waals surface area contributed by atoms with E-state index in [0.717, 1.165) is 36.6 Å². The number of nitrogens with one attached hydrogen (secondary N) is 2. The molecule has 2 rings (SSSR count). The lowest BCUT2D eigenvalue weighted by Crippen LogP contribution is -2.36. The van der Waals surface area contributed by atoms with Crippen molar-refractivity contribution in [2.24, 2.45) is 0 Å². The third-order valence-electron chi connectivity index (χ3n) is 2.96. The van der Waals surface area contributed by atoms with E-state index in [2.05, 4.69) is 29.6 Å². The minimum absolute atomic E-state index is 0.304. The first-order valence-electron chi connectivity index (χ1n) is 6.70. The molecule has 6 heteroatoms. The van der Waals surface area contributed by atoms with Crippen molar-refractivity contribution in [3.8, 4) is 11.5 Å². The topological polar surface area (TPSA) is 45.8 Å². The van der Waals surface area contributed by atoms with Gasteiger partial charge in [-0.1, -0.05) is 6.07 Å². The first-order valence-corrected chi connectivity index (χ1v) is 7.11. The van der Waals surface area contributed by atoms with Gasteiger partial charge in [-0.05, 0) is 57.0 Å². The average Bonchev–Trinajstić information content (AvgIpc) is 2.88. The molecule has 20 heavy (non-hydrogen) atoms. The van der Waals surface area contributed by atoms with Gasteiger partial charge in [-0.3, -0.25) is 0 Å². The van der Waals surface area contributed by atoms with Gasteiger partial charge in [-0.2, -0.15) is 0 Å². The highest BCUT2D eigenvalue weighted by Gasteiger charge is 2.12. The van der Waals surface area contributed by atoms with Crippen molar-refractivity contribution in [3.05, 3.63) is 23.8 Å². The second-order valence-corrected chi connectivity index (χ2v) is 5.36. The van der Waals surface area contributed by atoms with Crippen LogP contribution in [-0.2, 0) is 6.54 Å². The molecule has 0 saturated heterocycles. The second-order valence-electron chi connectivity index (χ2n) is 4.95. The molecule has 0 unspecified atom stereocenters. The molecule has 0 bridgehead atoms. The van der Waals surface area contributed by atoms with E-state index < -0.39 is 0 Å². The van der Waals surface area contributed by atoms with E-state index in [1.807, 2.05) is 18.2 Å². The molecule has 1 aromatic carbocycles. The summed E-state index contributed by atoms with van der Waals surface area (Å²) in [5.74, 6) is 1.60. The number of ether oxygens (including phenoxy) is 2. The van der Waals surface area contributed by atoms with Crippen LogP contribution in [0.5, 0.6) is 11.5 Å². The molecule has 110 valence electrons. The highest BCUT2D eigenvalue weighted by Crippen LogP contribution is 2.32. The van der Waals surface area contributed by atoms with E-state index in [0.29, 0.717) is 18.5 Å². The van der Waals surface area contributed by atoms with Crippen molar-refractivity contribution < 1.29 is 9.47 Å². The van der Waals surface area contributed by atoms with Gasteiger partial charge in [-0.15, -0.1) is 0 Å². The fourth-order valence-corrected chi connectivity index (χ4v) is 2.07. The van der Waals surface area contributed by atoms with Crippen LogP contribution in [0.1, 0.15) is 12.0 Å². The molecule has 1 aliphatic rings. The van der Waals surface area contributed by atoms with Crippen LogP contribution < -0.4 is 20.1 Å². The van der Waals surface area contributed by atoms with Gasteiger partial charge in [0, 0.05) is 13.1 Å². The Bertz CT molecular complexity index is 466. The summed E-state index contributed by atoms with van der Waals surface area (Å²) in [4.78, 5) is 2.16. The summed E-state index contributed by atoms with van der Waals surface area (Å²) in [6, 6.07) is 5.91. The zero-order valence-electron chi connectivity index (χ0n) is 11.9. The lowest BCUT2D eigenvalue weighted by molar-refractivity contribution is 0.174. The third-order valence-corrected chi connectivity index (χ3v) is 3.25. The van der Waals surface area contributed by atoms with Crippen LogP contribution in [0, 0.1) is 0 Å². The van der Waals surface area contributed by atoms with Gasteiger partial charge in [0.15, 0.2) is 16.6 Å². The van der Waals surface area contributed by atoms with Crippen LogP contribution in [0.15, 0.2) is 18.2 Å². The molecule has 0 spiro atoms. The van der Waals surface area contributed by atoms with Crippen molar-refractivity contribution in [2.45, 2.75) is 13.0 Å². The quantitative estimate of drug-likeness (QED) is 0.610. The Morgan fingerprint density at radius 3 is 2.85 bits per heavy atom. The van der Waals surface area contributed by atoms with Crippen molar-refractivity contribution in [1.29, 1.82) is 0 Å². The SMILES string of the molecule is CN(C)CCCNC(=S)NCc1ccc2c(c1)OCO2. The number of hydrogen-bond donors (Lipinski definition) is 2. The molecule has 0 amide bonds. The Labute approximate surface area is 125 Å². The molecular weight excluding hydrogens is 274 g/mol. The smallest absolute Gasteiger partial charge is 0.231 e. The Balaban J connectivity index is 1.68. The zero-order chi connectivity index (χ0) is 14.4. The molecule has 0 fully saturated rings. The zero-order valence-corrected chi connectivity index (χ0v) is 12.8. The van der Waals surface area contributed by atoms with Gasteiger partial charge >= 0.3 is 0 Å². The molecule has 0 saturated carbocycles. The number of hydrogen-bond acceptors (Lipinski definition) is 4. The largest absolute Gasteiger partial charge is 0.454 e. The summed E-state index contributed by atoms with van der Waals surface area (Å²) in [5.41, 5.74) is 1.12. The predicted octanol–water partition coefficient (Wildman–Crippen LogP) is 1.33. The fraction of sp³-hybridized carbons (Fsp3) is 0.500. The van der Waals surface area contributed by atoms with Crippen LogP contribution in [0.2, 0.25) is 0 Å². The van der Waals surface area contributed by atoms with Crippen molar-refractivity contribution in [1.82, 2.24) is 15.5 Å². The van der Waals surface area contributed by atoms with Crippen LogP contribution in [0.4, 0.5) is 0 Å². The van der Waals surface area contributed by atoms with Crippen molar-refractivity contribution in [2.75, 3.05) is 34.0 Å². The molecule has 1 aliphatic heterocycles. The highest BCUT2D eigenvalue weighted by atomic mass is 32.1. The predicted molar refractivity (Wildman–Crippen MR) is 83.2 cm³/mol. The first kappa shape index (κ1) is 14.9. The summed E-state index contributed by atoms with van der Waals surface area (Å²) in [5, 5.41) is 7.07. The van der Waals surface area contributed by atoms with Crippen LogP contribution in [0.3, 0.4) is 0 Å². The monoisotopic (exact) mass is 295 g/mol. The van der Waals surface area contributed by atoms with Crippen molar-refractivity contribution in [3.63, 3.8) is 0 Å². The molecular formula is C14H21N3O2S. The number of nitrogens with zero attached hydrogens (tertiary/aromatic N) is 1. The molecule has 0 aliphatic carbocycles. The Kier molecular flexibility index (Phi) is 5.43. The maximum atomic E-state index is 5.34. The normalized spacial score (nSPS) is 12.6. The van der Waals surface area contributed by atoms with E-state index in [4.69, 9.17) is 21.7 Å². The third kappa shape index (κ3) is 4.54. The van der Waals surface area contributed by atoms with Crippen LogP contribution >= 0.6 is 12.2 Å². The maximum Gasteiger partial charge on any atom is 0.231 e. The Hall–Kier alpha value is -1.53. The molecule has 0 radical (unpaired) electrons. The fourth-order valence-electron chi connectivity index (χ4n) is 1.89. The standard InChI is InChI=1S/C14H21N3O2S/c1-17(2)7-3-6-15-14(20)16-9-11-4-5-12-13(8-11)19-10-18-12/h4-5,8H,3,6-7,9-10H2,1-2H3,(H2,15,16,20). The van der Waals surface area contributed by atoms with Gasteiger partial charge in [0.2, 0.25) is 6.79 Å². The number of rotatable bonds is 6. The maximum absolute atomic E-state index is 5.34. The number of thiocarbonyl (C=S) groups is 1. The minimum atomic E-state index is 0.304. The summed E-state index contributed by atoms with van der Waals surface area (Å²) in [6.45, 7) is 2.91. The van der Waals surface area contributed by atoms with E-state index >= 15 is 0 Å².